The largest absolute Gasteiger partial charge is 0.507 e. The van der Waals surface area contributed by atoms with Gasteiger partial charge in [-0.05, 0) is 66.1 Å². The topological polar surface area (TPSA) is 120 Å². The van der Waals surface area contributed by atoms with Crippen LogP contribution in [0.15, 0.2) is 66.4 Å². The van der Waals surface area contributed by atoms with Crippen LogP contribution in [-0.2, 0) is 16.0 Å². The molecule has 0 bridgehead atoms. The van der Waals surface area contributed by atoms with Crippen LogP contribution in [0.5, 0.6) is 28.7 Å². The summed E-state index contributed by atoms with van der Waals surface area (Å²) in [6.07, 6.45) is 2.33. The van der Waals surface area contributed by atoms with Gasteiger partial charge in [-0.15, -0.1) is 0 Å². The molecule has 1 aliphatic rings. The normalized spacial score (nSPS) is 16.1. The predicted molar refractivity (Wildman–Crippen MR) is 157 cm³/mol. The van der Waals surface area contributed by atoms with Gasteiger partial charge in [0, 0.05) is 29.2 Å². The molecule has 1 fully saturated rings. The molecule has 1 atom stereocenters. The number of nitrogens with one attached hydrogen (secondary N) is 1. The van der Waals surface area contributed by atoms with Crippen LogP contribution in [0.2, 0.25) is 0 Å². The van der Waals surface area contributed by atoms with Crippen molar-refractivity contribution in [2.75, 3.05) is 42.1 Å². The highest BCUT2D eigenvalue weighted by Crippen LogP contribution is 2.43. The summed E-state index contributed by atoms with van der Waals surface area (Å²) in [5.74, 6) is 0.630. The zero-order valence-corrected chi connectivity index (χ0v) is 24.0. The van der Waals surface area contributed by atoms with Crippen molar-refractivity contribution in [1.29, 1.82) is 0 Å². The van der Waals surface area contributed by atoms with Crippen molar-refractivity contribution in [2.24, 2.45) is 0 Å². The Bertz CT molecular complexity index is 1690. The van der Waals surface area contributed by atoms with E-state index in [1.807, 2.05) is 24.4 Å². The summed E-state index contributed by atoms with van der Waals surface area (Å²) in [5, 5.41) is 12.5. The van der Waals surface area contributed by atoms with Gasteiger partial charge in [0.15, 0.2) is 23.0 Å². The average molecular weight is 573 g/mol. The van der Waals surface area contributed by atoms with Gasteiger partial charge in [0.1, 0.15) is 11.5 Å². The monoisotopic (exact) mass is 572 g/mol. The minimum absolute atomic E-state index is 0.0416. The fourth-order valence-electron chi connectivity index (χ4n) is 5.35. The summed E-state index contributed by atoms with van der Waals surface area (Å²) in [6, 6.07) is 14.8. The molecule has 5 rings (SSSR count). The third-order valence-electron chi connectivity index (χ3n) is 7.52. The Morgan fingerprint density at radius 2 is 1.48 bits per heavy atom. The number of amides is 1. The maximum Gasteiger partial charge on any atom is 0.295 e. The van der Waals surface area contributed by atoms with Crippen molar-refractivity contribution in [3.8, 4) is 28.7 Å². The van der Waals surface area contributed by atoms with Crippen molar-refractivity contribution < 1.29 is 38.4 Å². The van der Waals surface area contributed by atoms with Gasteiger partial charge in [-0.2, -0.15) is 0 Å². The summed E-state index contributed by atoms with van der Waals surface area (Å²) < 4.78 is 27.0. The molecule has 42 heavy (non-hydrogen) atoms. The van der Waals surface area contributed by atoms with Crippen LogP contribution in [0.1, 0.15) is 22.7 Å². The Labute approximate surface area is 243 Å². The summed E-state index contributed by atoms with van der Waals surface area (Å²) >= 11 is 0. The molecule has 1 aromatic heterocycles. The zero-order valence-electron chi connectivity index (χ0n) is 24.0. The lowest BCUT2D eigenvalue weighted by molar-refractivity contribution is -0.139. The van der Waals surface area contributed by atoms with E-state index in [4.69, 9.17) is 23.7 Å². The second kappa shape index (κ2) is 11.8. The summed E-state index contributed by atoms with van der Waals surface area (Å²) in [6.45, 7) is 0.205. The third-order valence-corrected chi connectivity index (χ3v) is 7.52. The number of hydrogen-bond acceptors (Lipinski definition) is 8. The van der Waals surface area contributed by atoms with Crippen molar-refractivity contribution in [3.63, 3.8) is 0 Å². The minimum Gasteiger partial charge on any atom is -0.507 e. The smallest absolute Gasteiger partial charge is 0.295 e. The van der Waals surface area contributed by atoms with Gasteiger partial charge in [0.05, 0.1) is 47.2 Å². The number of ether oxygens (including phenoxy) is 5. The molecule has 0 radical (unpaired) electrons. The zero-order chi connectivity index (χ0) is 30.0. The lowest BCUT2D eigenvalue weighted by Crippen LogP contribution is -2.31. The number of carbonyl (C=O) groups is 2. The molecule has 4 aromatic rings. The van der Waals surface area contributed by atoms with Gasteiger partial charge >= 0.3 is 0 Å². The van der Waals surface area contributed by atoms with Crippen molar-refractivity contribution in [2.45, 2.75) is 12.5 Å². The van der Waals surface area contributed by atoms with Gasteiger partial charge in [-0.1, -0.05) is 6.07 Å². The molecule has 0 saturated carbocycles. The number of rotatable bonds is 10. The maximum atomic E-state index is 13.6. The first-order valence-electron chi connectivity index (χ1n) is 13.2. The standard InChI is InChI=1S/C32H32N2O8/c1-38-21-8-9-23-22(16-21)20(17-33-23)12-13-34-29(18-6-10-24(39-2)26(14-18)41-4)28(31(36)32(34)37)30(35)19-7-11-25(40-3)27(15-19)42-5/h6-11,14-17,29,33,35H,12-13H2,1-5H3/t29-/m0/s1. The van der Waals surface area contributed by atoms with E-state index in [9.17, 15) is 14.7 Å². The maximum absolute atomic E-state index is 13.6. The van der Waals surface area contributed by atoms with Crippen LogP contribution in [0.3, 0.4) is 0 Å². The molecule has 0 aliphatic carbocycles. The summed E-state index contributed by atoms with van der Waals surface area (Å²) in [7, 11) is 7.62. The number of methoxy groups -OCH3 is 5. The molecular formula is C32H32N2O8. The lowest BCUT2D eigenvalue weighted by atomic mass is 9.94. The second-order valence-corrected chi connectivity index (χ2v) is 9.65. The molecule has 3 aromatic carbocycles. The summed E-state index contributed by atoms with van der Waals surface area (Å²) in [5.41, 5.74) is 2.73. The quantitative estimate of drug-likeness (QED) is 0.157. The van der Waals surface area contributed by atoms with Gasteiger partial charge in [-0.25, -0.2) is 0 Å². The number of carbonyl (C=O) groups excluding carboxylic acids is 2. The molecule has 10 heteroatoms. The number of aromatic nitrogens is 1. The number of fused-ring (bicyclic) bond motifs is 1. The van der Waals surface area contributed by atoms with Crippen LogP contribution in [0, 0.1) is 0 Å². The average Bonchev–Trinajstić information content (AvgIpc) is 3.55. The van der Waals surface area contributed by atoms with Gasteiger partial charge < -0.3 is 38.7 Å². The summed E-state index contributed by atoms with van der Waals surface area (Å²) in [4.78, 5) is 31.9. The number of aliphatic hydroxyl groups is 1. The number of nitrogens with zero attached hydrogens (tertiary/aromatic N) is 1. The molecule has 10 nitrogen and oxygen atoms in total. The first-order chi connectivity index (χ1) is 20.3. The predicted octanol–water partition coefficient (Wildman–Crippen LogP) is 4.88. The Balaban J connectivity index is 1.61. The molecule has 1 saturated heterocycles. The first kappa shape index (κ1) is 28.4. The fourth-order valence-corrected chi connectivity index (χ4v) is 5.35. The Morgan fingerprint density at radius 1 is 0.810 bits per heavy atom. The number of aromatic amines is 1. The number of Topliss-reactive ketones (excluding diaryl/α,β-unsaturated/α-hetero) is 1. The molecule has 2 N–H and O–H groups in total. The highest BCUT2D eigenvalue weighted by Gasteiger charge is 2.46. The van der Waals surface area contributed by atoms with Gasteiger partial charge in [0.25, 0.3) is 11.7 Å². The van der Waals surface area contributed by atoms with E-state index in [0.717, 1.165) is 16.5 Å². The number of H-pyrrole nitrogens is 1. The van der Waals surface area contributed by atoms with E-state index < -0.39 is 17.7 Å². The lowest BCUT2D eigenvalue weighted by Gasteiger charge is -2.26. The molecule has 1 amide bonds. The first-order valence-corrected chi connectivity index (χ1v) is 13.2. The highest BCUT2D eigenvalue weighted by atomic mass is 16.5. The van der Waals surface area contributed by atoms with E-state index in [-0.39, 0.29) is 17.9 Å². The second-order valence-electron chi connectivity index (χ2n) is 9.65. The molecule has 0 spiro atoms. The SMILES string of the molecule is COc1ccc2[nH]cc(CCN3C(=O)C(=O)C(=C(O)c4ccc(OC)c(OC)c4)[C@@H]3c3ccc(OC)c(OC)c3)c2c1. The number of ketones is 1. The Kier molecular flexibility index (Phi) is 7.97. The van der Waals surface area contributed by atoms with Crippen molar-refractivity contribution in [3.05, 3.63) is 83.1 Å². The van der Waals surface area contributed by atoms with Crippen LogP contribution >= 0.6 is 0 Å². The highest BCUT2D eigenvalue weighted by molar-refractivity contribution is 6.46. The van der Waals surface area contributed by atoms with E-state index in [2.05, 4.69) is 4.98 Å². The van der Waals surface area contributed by atoms with Crippen molar-refractivity contribution in [1.82, 2.24) is 9.88 Å². The number of benzene rings is 3. The van der Waals surface area contributed by atoms with Gasteiger partial charge in [0.2, 0.25) is 0 Å². The van der Waals surface area contributed by atoms with Crippen molar-refractivity contribution >= 4 is 28.4 Å². The van der Waals surface area contributed by atoms with Crippen LogP contribution in [-0.4, -0.2) is 68.8 Å². The molecule has 1 aliphatic heterocycles. The fraction of sp³-hybridized carbons (Fsp3) is 0.250. The van der Waals surface area contributed by atoms with E-state index in [0.29, 0.717) is 46.3 Å². The number of hydrogen-bond donors (Lipinski definition) is 2. The Hall–Kier alpha value is -5.12. The number of likely N-dealkylation sites (tertiary alicyclic amines) is 1. The minimum atomic E-state index is -0.891. The molecular weight excluding hydrogens is 540 g/mol. The van der Waals surface area contributed by atoms with Crippen LogP contribution < -0.4 is 23.7 Å². The molecule has 2 heterocycles. The Morgan fingerprint density at radius 3 is 2.14 bits per heavy atom. The van der Waals surface area contributed by atoms with Gasteiger partial charge in [-0.3, -0.25) is 9.59 Å². The molecule has 0 unspecified atom stereocenters. The van der Waals surface area contributed by atoms with E-state index >= 15 is 0 Å². The third kappa shape index (κ3) is 4.96. The molecule has 218 valence electrons. The van der Waals surface area contributed by atoms with E-state index in [1.54, 1.807) is 43.5 Å². The van der Waals surface area contributed by atoms with Crippen LogP contribution in [0.4, 0.5) is 0 Å². The van der Waals surface area contributed by atoms with E-state index in [1.165, 1.54) is 33.3 Å². The number of aliphatic hydroxyl groups excluding tert-OH is 1. The van der Waals surface area contributed by atoms with Crippen LogP contribution in [0.25, 0.3) is 16.7 Å².